The highest BCUT2D eigenvalue weighted by molar-refractivity contribution is 7.92. The molecular formula is C30H28N2O7S2. The first-order chi connectivity index (χ1) is 19.5. The van der Waals surface area contributed by atoms with Crippen molar-refractivity contribution in [2.75, 3.05) is 15.2 Å². The number of carbonyl (C=O) groups is 1. The molecule has 0 aliphatic carbocycles. The van der Waals surface area contributed by atoms with E-state index < -0.39 is 27.3 Å². The van der Waals surface area contributed by atoms with Crippen molar-refractivity contribution in [1.29, 1.82) is 0 Å². The lowest BCUT2D eigenvalue weighted by atomic mass is 10.0. The lowest BCUT2D eigenvalue weighted by Gasteiger charge is -2.30. The molecule has 4 aromatic carbocycles. The fraction of sp³-hybridized carbons (Fsp3) is 0.167. The van der Waals surface area contributed by atoms with E-state index in [2.05, 4.69) is 0 Å². The number of benzene rings is 4. The number of hydrogen-bond acceptors (Lipinski definition) is 5. The molecule has 5 rings (SSSR count). The molecule has 1 unspecified atom stereocenters. The standard InChI is InChI=1S/C30H28N2O7S2/c1-20-5-9-23(10-6-20)32(40(35)36)29-16-12-25(19-27(29)30(33)34)39-24-11-15-28-22(18-24)4-3-17-31(28)41(37,38)26-13-7-21(2)8-14-26/h5-16,18-19H,3-4,17H2,1-2H3,(H,33,34)(H,35,36). The highest BCUT2D eigenvalue weighted by Gasteiger charge is 2.29. The number of aromatic carboxylic acids is 1. The predicted octanol–water partition coefficient (Wildman–Crippen LogP) is 6.21. The van der Waals surface area contributed by atoms with Crippen LogP contribution in [-0.4, -0.2) is 34.8 Å². The summed E-state index contributed by atoms with van der Waals surface area (Å²) in [6, 6.07) is 22.8. The van der Waals surface area contributed by atoms with Gasteiger partial charge in [-0.1, -0.05) is 35.4 Å². The van der Waals surface area contributed by atoms with Crippen LogP contribution >= 0.6 is 0 Å². The summed E-state index contributed by atoms with van der Waals surface area (Å²) in [5.74, 6) is -0.683. The van der Waals surface area contributed by atoms with E-state index in [4.69, 9.17) is 4.74 Å². The first-order valence-corrected chi connectivity index (χ1v) is 15.3. The summed E-state index contributed by atoms with van der Waals surface area (Å²) < 4.78 is 57.4. The largest absolute Gasteiger partial charge is 0.478 e. The molecule has 0 aromatic heterocycles. The van der Waals surface area contributed by atoms with Crippen molar-refractivity contribution in [3.63, 3.8) is 0 Å². The van der Waals surface area contributed by atoms with Crippen molar-refractivity contribution < 1.29 is 31.8 Å². The van der Waals surface area contributed by atoms with Crippen molar-refractivity contribution in [2.24, 2.45) is 0 Å². The molecule has 11 heteroatoms. The number of hydrogen-bond donors (Lipinski definition) is 2. The van der Waals surface area contributed by atoms with E-state index in [1.54, 1.807) is 66.7 Å². The molecule has 0 saturated carbocycles. The molecule has 212 valence electrons. The normalized spacial score (nSPS) is 13.8. The minimum absolute atomic E-state index is 0.0249. The molecule has 1 aliphatic rings. The molecular weight excluding hydrogens is 564 g/mol. The molecule has 0 saturated heterocycles. The first kappa shape index (κ1) is 28.3. The maximum absolute atomic E-state index is 13.4. The molecule has 1 atom stereocenters. The van der Waals surface area contributed by atoms with Crippen molar-refractivity contribution in [2.45, 2.75) is 31.6 Å². The van der Waals surface area contributed by atoms with Crippen LogP contribution in [0.3, 0.4) is 0 Å². The molecule has 0 spiro atoms. The third-order valence-electron chi connectivity index (χ3n) is 6.81. The SMILES string of the molecule is Cc1ccc(N(c2ccc(Oc3ccc4c(c3)CCCN4S(=O)(=O)c3ccc(C)cc3)cc2C(=O)O)S(=O)O)cc1. The zero-order valence-electron chi connectivity index (χ0n) is 22.4. The second kappa shape index (κ2) is 11.4. The zero-order chi connectivity index (χ0) is 29.3. The van der Waals surface area contributed by atoms with Gasteiger partial charge in [0.2, 0.25) is 0 Å². The Hall–Kier alpha value is -4.19. The van der Waals surface area contributed by atoms with Gasteiger partial charge >= 0.3 is 5.97 Å². The lowest BCUT2D eigenvalue weighted by molar-refractivity contribution is 0.0697. The fourth-order valence-electron chi connectivity index (χ4n) is 4.75. The van der Waals surface area contributed by atoms with Crippen LogP contribution in [0, 0.1) is 13.8 Å². The van der Waals surface area contributed by atoms with Gasteiger partial charge in [0, 0.05) is 6.54 Å². The number of carboxylic acids is 1. The number of anilines is 3. The van der Waals surface area contributed by atoms with Crippen LogP contribution in [0.15, 0.2) is 89.8 Å². The molecule has 0 radical (unpaired) electrons. The van der Waals surface area contributed by atoms with Gasteiger partial charge in [-0.05, 0) is 92.9 Å². The van der Waals surface area contributed by atoms with Crippen LogP contribution in [0.4, 0.5) is 17.1 Å². The highest BCUT2D eigenvalue weighted by Crippen LogP contribution is 2.37. The van der Waals surface area contributed by atoms with Gasteiger partial charge < -0.3 is 9.84 Å². The van der Waals surface area contributed by atoms with E-state index in [1.165, 1.54) is 22.5 Å². The summed E-state index contributed by atoms with van der Waals surface area (Å²) in [7, 11) is -3.75. The Morgan fingerprint density at radius 1 is 0.902 bits per heavy atom. The Bertz CT molecular complexity index is 1740. The third-order valence-corrected chi connectivity index (χ3v) is 9.36. The predicted molar refractivity (Wildman–Crippen MR) is 158 cm³/mol. The van der Waals surface area contributed by atoms with Crippen molar-refractivity contribution in [3.8, 4) is 11.5 Å². The maximum atomic E-state index is 13.4. The van der Waals surface area contributed by atoms with E-state index in [0.717, 1.165) is 21.0 Å². The van der Waals surface area contributed by atoms with Crippen molar-refractivity contribution in [3.05, 3.63) is 107 Å². The van der Waals surface area contributed by atoms with Crippen molar-refractivity contribution in [1.82, 2.24) is 0 Å². The first-order valence-electron chi connectivity index (χ1n) is 12.8. The summed E-state index contributed by atoms with van der Waals surface area (Å²) in [5, 5.41) is 9.93. The topological polar surface area (TPSA) is 124 Å². The van der Waals surface area contributed by atoms with Gasteiger partial charge in [-0.2, -0.15) is 0 Å². The van der Waals surface area contributed by atoms with Crippen molar-refractivity contribution >= 4 is 44.3 Å². The van der Waals surface area contributed by atoms with Gasteiger partial charge in [-0.15, -0.1) is 0 Å². The number of nitrogens with zero attached hydrogens (tertiary/aromatic N) is 2. The molecule has 9 nitrogen and oxygen atoms in total. The quantitative estimate of drug-likeness (QED) is 0.233. The summed E-state index contributed by atoms with van der Waals surface area (Å²) in [5.41, 5.74) is 3.44. The molecule has 0 amide bonds. The molecule has 0 bridgehead atoms. The van der Waals surface area contributed by atoms with Crippen LogP contribution in [0.2, 0.25) is 0 Å². The van der Waals surface area contributed by atoms with Gasteiger partial charge in [0.15, 0.2) is 0 Å². The Morgan fingerprint density at radius 3 is 2.15 bits per heavy atom. The second-order valence-corrected chi connectivity index (χ2v) is 12.4. The number of ether oxygens (including phenoxy) is 1. The number of aryl methyl sites for hydroxylation is 3. The van der Waals surface area contributed by atoms with E-state index in [0.29, 0.717) is 36.5 Å². The molecule has 1 heterocycles. The van der Waals surface area contributed by atoms with Crippen LogP contribution in [0.5, 0.6) is 11.5 Å². The molecule has 2 N–H and O–H groups in total. The molecule has 4 aromatic rings. The van der Waals surface area contributed by atoms with Gasteiger partial charge in [0.05, 0.1) is 27.5 Å². The summed E-state index contributed by atoms with van der Waals surface area (Å²) in [6.07, 6.45) is 1.28. The zero-order valence-corrected chi connectivity index (χ0v) is 24.0. The van der Waals surface area contributed by atoms with E-state index in [-0.39, 0.29) is 21.9 Å². The third kappa shape index (κ3) is 5.83. The average Bonchev–Trinajstić information content (AvgIpc) is 2.94. The summed E-state index contributed by atoms with van der Waals surface area (Å²) >= 11 is -2.54. The van der Waals surface area contributed by atoms with E-state index >= 15 is 0 Å². The number of rotatable bonds is 8. The van der Waals surface area contributed by atoms with Gasteiger partial charge in [0.1, 0.15) is 11.5 Å². The summed E-state index contributed by atoms with van der Waals surface area (Å²) in [6.45, 7) is 4.13. The smallest absolute Gasteiger partial charge is 0.337 e. The molecule has 41 heavy (non-hydrogen) atoms. The fourth-order valence-corrected chi connectivity index (χ4v) is 6.92. The number of fused-ring (bicyclic) bond motifs is 1. The second-order valence-electron chi connectivity index (χ2n) is 9.73. The Morgan fingerprint density at radius 2 is 1.51 bits per heavy atom. The van der Waals surface area contributed by atoms with E-state index in [1.807, 2.05) is 13.8 Å². The maximum Gasteiger partial charge on any atom is 0.337 e. The van der Waals surface area contributed by atoms with Crippen LogP contribution < -0.4 is 13.3 Å². The number of carboxylic acid groups (broad SMARTS) is 1. The van der Waals surface area contributed by atoms with Gasteiger partial charge in [-0.3, -0.25) is 8.86 Å². The Kier molecular flexibility index (Phi) is 7.85. The van der Waals surface area contributed by atoms with Gasteiger partial charge in [0.25, 0.3) is 21.3 Å². The molecule has 0 fully saturated rings. The van der Waals surface area contributed by atoms with Crippen LogP contribution in [0.25, 0.3) is 0 Å². The minimum Gasteiger partial charge on any atom is -0.478 e. The average molecular weight is 593 g/mol. The molecule has 1 aliphatic heterocycles. The van der Waals surface area contributed by atoms with Crippen LogP contribution in [-0.2, 0) is 27.7 Å². The monoisotopic (exact) mass is 592 g/mol. The number of sulfonamides is 1. The lowest BCUT2D eigenvalue weighted by Crippen LogP contribution is -2.35. The van der Waals surface area contributed by atoms with Crippen LogP contribution in [0.1, 0.15) is 33.5 Å². The van der Waals surface area contributed by atoms with Gasteiger partial charge in [-0.25, -0.2) is 21.7 Å². The Balaban J connectivity index is 1.44. The summed E-state index contributed by atoms with van der Waals surface area (Å²) in [4.78, 5) is 12.4. The highest BCUT2D eigenvalue weighted by atomic mass is 32.2. The minimum atomic E-state index is -3.75. The Labute approximate surface area is 241 Å². The van der Waals surface area contributed by atoms with E-state index in [9.17, 15) is 27.1 Å².